The van der Waals surface area contributed by atoms with E-state index < -0.39 is 0 Å². The first kappa shape index (κ1) is 10.4. The molecule has 0 aliphatic carbocycles. The molecule has 0 bridgehead atoms. The number of nitrogens with zero attached hydrogens (tertiary/aromatic N) is 1. The molecule has 0 amide bonds. The lowest BCUT2D eigenvalue weighted by atomic mass is 10.0. The fourth-order valence-corrected chi connectivity index (χ4v) is 2.63. The topological polar surface area (TPSA) is 63.9 Å². The highest BCUT2D eigenvalue weighted by Gasteiger charge is 2.27. The highest BCUT2D eigenvalue weighted by atomic mass is 16.5. The molecule has 4 rings (SSSR count). The Balaban J connectivity index is 1.86. The van der Waals surface area contributed by atoms with Gasteiger partial charge in [-0.3, -0.25) is 0 Å². The van der Waals surface area contributed by atoms with Crippen LogP contribution in [0.3, 0.4) is 0 Å². The van der Waals surface area contributed by atoms with Crippen molar-refractivity contribution in [2.45, 2.75) is 5.92 Å². The first-order valence-electron chi connectivity index (χ1n) is 6.29. The Labute approximate surface area is 110 Å². The molecule has 2 heterocycles. The second kappa shape index (κ2) is 3.75. The molecular weight excluding hydrogens is 238 g/mol. The summed E-state index contributed by atoms with van der Waals surface area (Å²) < 4.78 is 5.70. The van der Waals surface area contributed by atoms with Gasteiger partial charge in [-0.2, -0.15) is 0 Å². The van der Waals surface area contributed by atoms with Crippen LogP contribution < -0.4 is 10.5 Å². The lowest BCUT2D eigenvalue weighted by Gasteiger charge is -2.03. The van der Waals surface area contributed by atoms with E-state index >= 15 is 0 Å². The van der Waals surface area contributed by atoms with Crippen LogP contribution >= 0.6 is 0 Å². The maximum Gasteiger partial charge on any atom is 0.123 e. The van der Waals surface area contributed by atoms with Gasteiger partial charge in [0.25, 0.3) is 0 Å². The molecule has 0 radical (unpaired) electrons. The van der Waals surface area contributed by atoms with Crippen LogP contribution in [-0.4, -0.2) is 16.6 Å². The van der Waals surface area contributed by atoms with Gasteiger partial charge in [0.05, 0.1) is 17.1 Å². The summed E-state index contributed by atoms with van der Waals surface area (Å²) in [5.41, 5.74) is 9.64. The normalized spacial score (nSPS) is 17.4. The predicted molar refractivity (Wildman–Crippen MR) is 74.3 cm³/mol. The van der Waals surface area contributed by atoms with Crippen LogP contribution in [0.1, 0.15) is 17.3 Å². The Morgan fingerprint density at radius 3 is 2.95 bits per heavy atom. The van der Waals surface area contributed by atoms with E-state index in [0.29, 0.717) is 12.3 Å². The van der Waals surface area contributed by atoms with Crippen LogP contribution in [0.25, 0.3) is 11.0 Å². The molecule has 1 atom stereocenters. The van der Waals surface area contributed by atoms with Crippen LogP contribution in [0.4, 0.5) is 5.69 Å². The van der Waals surface area contributed by atoms with E-state index in [-0.39, 0.29) is 5.92 Å². The number of anilines is 1. The number of aromatic amines is 1. The molecule has 0 spiro atoms. The predicted octanol–water partition coefficient (Wildman–Crippen LogP) is 2.67. The molecule has 19 heavy (non-hydrogen) atoms. The number of fused-ring (bicyclic) bond motifs is 2. The molecule has 94 valence electrons. The van der Waals surface area contributed by atoms with Gasteiger partial charge in [-0.15, -0.1) is 0 Å². The minimum absolute atomic E-state index is 0.156. The molecular formula is C15H13N3O. The highest BCUT2D eigenvalue weighted by Crippen LogP contribution is 2.37. The van der Waals surface area contributed by atoms with Crippen LogP contribution in [-0.2, 0) is 0 Å². The molecule has 0 fully saturated rings. The van der Waals surface area contributed by atoms with Gasteiger partial charge in [0.2, 0.25) is 0 Å². The third-order valence-corrected chi connectivity index (χ3v) is 3.59. The van der Waals surface area contributed by atoms with E-state index in [1.165, 1.54) is 5.56 Å². The summed E-state index contributed by atoms with van der Waals surface area (Å²) in [6, 6.07) is 13.9. The maximum absolute atomic E-state index is 5.95. The van der Waals surface area contributed by atoms with E-state index in [4.69, 9.17) is 10.5 Å². The number of nitrogen functional groups attached to an aromatic ring is 1. The monoisotopic (exact) mass is 251 g/mol. The van der Waals surface area contributed by atoms with Gasteiger partial charge in [-0.25, -0.2) is 4.98 Å². The van der Waals surface area contributed by atoms with Gasteiger partial charge in [0.1, 0.15) is 23.7 Å². The Morgan fingerprint density at radius 1 is 1.16 bits per heavy atom. The lowest BCUT2D eigenvalue weighted by Crippen LogP contribution is -2.04. The van der Waals surface area contributed by atoms with Crippen molar-refractivity contribution in [3.05, 3.63) is 53.9 Å². The third-order valence-electron chi connectivity index (χ3n) is 3.59. The minimum atomic E-state index is 0.156. The average Bonchev–Trinajstić information content (AvgIpc) is 3.02. The number of aromatic nitrogens is 2. The van der Waals surface area contributed by atoms with Crippen molar-refractivity contribution in [1.82, 2.24) is 9.97 Å². The second-order valence-electron chi connectivity index (χ2n) is 4.77. The van der Waals surface area contributed by atoms with Crippen molar-refractivity contribution in [1.29, 1.82) is 0 Å². The van der Waals surface area contributed by atoms with Crippen LogP contribution in [0.2, 0.25) is 0 Å². The number of nitrogens with two attached hydrogens (primary N) is 1. The average molecular weight is 251 g/mol. The molecule has 1 unspecified atom stereocenters. The zero-order valence-corrected chi connectivity index (χ0v) is 10.3. The SMILES string of the molecule is Nc1cccc2[nH]c(C3COc4ccccc43)nc12. The van der Waals surface area contributed by atoms with Crippen molar-refractivity contribution < 1.29 is 4.74 Å². The van der Waals surface area contributed by atoms with Gasteiger partial charge in [0.15, 0.2) is 0 Å². The Bertz CT molecular complexity index is 763. The zero-order chi connectivity index (χ0) is 12.8. The summed E-state index contributed by atoms with van der Waals surface area (Å²) in [6.07, 6.45) is 0. The number of imidazole rings is 1. The van der Waals surface area contributed by atoms with Gasteiger partial charge in [0, 0.05) is 5.56 Å². The van der Waals surface area contributed by atoms with Gasteiger partial charge >= 0.3 is 0 Å². The Morgan fingerprint density at radius 2 is 2.05 bits per heavy atom. The fourth-order valence-electron chi connectivity index (χ4n) is 2.63. The Kier molecular flexibility index (Phi) is 2.06. The third kappa shape index (κ3) is 1.50. The van der Waals surface area contributed by atoms with Crippen molar-refractivity contribution in [3.63, 3.8) is 0 Å². The smallest absolute Gasteiger partial charge is 0.123 e. The summed E-state index contributed by atoms with van der Waals surface area (Å²) >= 11 is 0. The van der Waals surface area contributed by atoms with Crippen molar-refractivity contribution in [2.75, 3.05) is 12.3 Å². The summed E-state index contributed by atoms with van der Waals surface area (Å²) in [7, 11) is 0. The van der Waals surface area contributed by atoms with E-state index in [9.17, 15) is 0 Å². The summed E-state index contributed by atoms with van der Waals surface area (Å²) in [5.74, 6) is 2.02. The first-order valence-corrected chi connectivity index (χ1v) is 6.29. The second-order valence-corrected chi connectivity index (χ2v) is 4.77. The number of rotatable bonds is 1. The number of benzene rings is 2. The van der Waals surface area contributed by atoms with Crippen molar-refractivity contribution in [3.8, 4) is 5.75 Å². The van der Waals surface area contributed by atoms with Crippen LogP contribution in [0, 0.1) is 0 Å². The molecule has 1 aromatic heterocycles. The summed E-state index contributed by atoms with van der Waals surface area (Å²) in [4.78, 5) is 7.98. The summed E-state index contributed by atoms with van der Waals surface area (Å²) in [6.45, 7) is 0.624. The molecule has 4 heteroatoms. The summed E-state index contributed by atoms with van der Waals surface area (Å²) in [5, 5.41) is 0. The van der Waals surface area contributed by atoms with Crippen molar-refractivity contribution in [2.24, 2.45) is 0 Å². The van der Waals surface area contributed by atoms with Crippen LogP contribution in [0.15, 0.2) is 42.5 Å². The number of nitrogens with one attached hydrogen (secondary N) is 1. The molecule has 0 saturated carbocycles. The molecule has 1 aliphatic rings. The van der Waals surface area contributed by atoms with Gasteiger partial charge in [-0.05, 0) is 18.2 Å². The molecule has 0 saturated heterocycles. The highest BCUT2D eigenvalue weighted by molar-refractivity contribution is 5.87. The quantitative estimate of drug-likeness (QED) is 0.653. The lowest BCUT2D eigenvalue weighted by molar-refractivity contribution is 0.340. The molecule has 1 aliphatic heterocycles. The molecule has 3 aromatic rings. The molecule has 2 aromatic carbocycles. The zero-order valence-electron chi connectivity index (χ0n) is 10.3. The molecule has 3 N–H and O–H groups in total. The van der Waals surface area contributed by atoms with Gasteiger partial charge < -0.3 is 15.5 Å². The van der Waals surface area contributed by atoms with Crippen molar-refractivity contribution >= 4 is 16.7 Å². The fraction of sp³-hybridized carbons (Fsp3) is 0.133. The number of H-pyrrole nitrogens is 1. The first-order chi connectivity index (χ1) is 9.33. The van der Waals surface area contributed by atoms with E-state index in [0.717, 1.165) is 22.6 Å². The van der Waals surface area contributed by atoms with E-state index in [2.05, 4.69) is 16.0 Å². The minimum Gasteiger partial charge on any atom is -0.492 e. The molecule has 4 nitrogen and oxygen atoms in total. The Hall–Kier alpha value is -2.49. The number of hydrogen-bond acceptors (Lipinski definition) is 3. The van der Waals surface area contributed by atoms with E-state index in [1.807, 2.05) is 36.4 Å². The van der Waals surface area contributed by atoms with Crippen LogP contribution in [0.5, 0.6) is 5.75 Å². The number of hydrogen-bond donors (Lipinski definition) is 2. The largest absolute Gasteiger partial charge is 0.492 e. The maximum atomic E-state index is 5.95. The number of para-hydroxylation sites is 2. The van der Waals surface area contributed by atoms with Gasteiger partial charge in [-0.1, -0.05) is 24.3 Å². The van der Waals surface area contributed by atoms with E-state index in [1.54, 1.807) is 0 Å². The number of ether oxygens (including phenoxy) is 1. The standard InChI is InChI=1S/C15H13N3O/c16-11-5-3-6-12-14(11)18-15(17-12)10-8-19-13-7-2-1-4-9(10)13/h1-7,10H,8,16H2,(H,17,18).